The molecule has 0 unspecified atom stereocenters. The molecule has 0 radical (unpaired) electrons. The summed E-state index contributed by atoms with van der Waals surface area (Å²) in [7, 11) is 0. The summed E-state index contributed by atoms with van der Waals surface area (Å²) < 4.78 is 8.72. The number of hydrogen-bond donors (Lipinski definition) is 0. The minimum atomic E-state index is 0.687. The smallest absolute Gasteiger partial charge is 0.137 e. The second kappa shape index (κ2) is 12.2. The molecule has 5 heteroatoms. The maximum atomic E-state index is 6.52. The Balaban J connectivity index is 1.00. The Hall–Kier alpha value is -6.59. The van der Waals surface area contributed by atoms with Crippen LogP contribution < -0.4 is 14.5 Å². The van der Waals surface area contributed by atoms with Crippen molar-refractivity contribution in [3.63, 3.8) is 0 Å². The summed E-state index contributed by atoms with van der Waals surface area (Å²) in [6, 6.07) is 57.0. The standard InChI is InChI=1S/C44H32N4O/c1-3-12-32(13-4-1)34-26-35(33-14-5-2-6-15-33)28-37(27-34)47-25-24-46(31-47)36-16-11-17-38(29-36)49-39-21-22-41-40-18-7-8-19-42(40)48(43(41)30-39)44-20-9-10-23-45-44/h1-30H,31H2. The highest BCUT2D eigenvalue weighted by molar-refractivity contribution is 6.09. The van der Waals surface area contributed by atoms with E-state index in [9.17, 15) is 0 Å². The lowest BCUT2D eigenvalue weighted by atomic mass is 9.98. The summed E-state index contributed by atoms with van der Waals surface area (Å²) in [5.41, 5.74) is 9.15. The highest BCUT2D eigenvalue weighted by Gasteiger charge is 2.19. The van der Waals surface area contributed by atoms with E-state index in [2.05, 4.69) is 159 Å². The molecule has 0 saturated heterocycles. The molecule has 0 N–H and O–H groups in total. The molecule has 234 valence electrons. The van der Waals surface area contributed by atoms with Gasteiger partial charge in [-0.1, -0.05) is 91.0 Å². The van der Waals surface area contributed by atoms with Gasteiger partial charge in [0.15, 0.2) is 0 Å². The quantitative estimate of drug-likeness (QED) is 0.175. The van der Waals surface area contributed by atoms with Crippen LogP contribution in [0.25, 0.3) is 49.9 Å². The number of nitrogens with zero attached hydrogens (tertiary/aromatic N) is 4. The van der Waals surface area contributed by atoms with E-state index in [1.165, 1.54) is 27.6 Å². The minimum Gasteiger partial charge on any atom is -0.457 e. The molecule has 0 saturated carbocycles. The van der Waals surface area contributed by atoms with E-state index in [0.717, 1.165) is 45.1 Å². The van der Waals surface area contributed by atoms with Gasteiger partial charge in [0.1, 0.15) is 17.3 Å². The number of fused-ring (bicyclic) bond motifs is 3. The van der Waals surface area contributed by atoms with Gasteiger partial charge in [0, 0.05) is 52.9 Å². The van der Waals surface area contributed by atoms with Crippen LogP contribution in [0.15, 0.2) is 182 Å². The predicted octanol–water partition coefficient (Wildman–Crippen LogP) is 11.1. The van der Waals surface area contributed by atoms with Gasteiger partial charge < -0.3 is 14.5 Å². The van der Waals surface area contributed by atoms with Crippen molar-refractivity contribution < 1.29 is 4.74 Å². The Morgan fingerprint density at radius 1 is 0.449 bits per heavy atom. The van der Waals surface area contributed by atoms with Gasteiger partial charge in [-0.2, -0.15) is 0 Å². The fraction of sp³-hybridized carbons (Fsp3) is 0.0227. The lowest BCUT2D eigenvalue weighted by Gasteiger charge is -2.23. The maximum absolute atomic E-state index is 6.52. The first kappa shape index (κ1) is 28.6. The number of anilines is 2. The molecule has 0 spiro atoms. The monoisotopic (exact) mass is 632 g/mol. The molecular formula is C44H32N4O. The average molecular weight is 633 g/mol. The molecule has 6 aromatic carbocycles. The molecule has 8 aromatic rings. The van der Waals surface area contributed by atoms with Crippen LogP contribution in [0.5, 0.6) is 11.5 Å². The van der Waals surface area contributed by atoms with Crippen molar-refractivity contribution in [2.24, 2.45) is 0 Å². The van der Waals surface area contributed by atoms with Gasteiger partial charge in [-0.3, -0.25) is 4.57 Å². The third-order valence-electron chi connectivity index (χ3n) is 9.10. The Kier molecular flexibility index (Phi) is 7.13. The number of aromatic nitrogens is 2. The van der Waals surface area contributed by atoms with Gasteiger partial charge in [0.05, 0.1) is 17.7 Å². The normalized spacial score (nSPS) is 12.7. The van der Waals surface area contributed by atoms with Gasteiger partial charge in [0.25, 0.3) is 0 Å². The zero-order valence-electron chi connectivity index (χ0n) is 26.7. The molecule has 0 atom stereocenters. The van der Waals surface area contributed by atoms with Crippen molar-refractivity contribution in [3.05, 3.63) is 182 Å². The van der Waals surface area contributed by atoms with Crippen molar-refractivity contribution in [1.29, 1.82) is 0 Å². The van der Waals surface area contributed by atoms with Gasteiger partial charge in [-0.15, -0.1) is 0 Å². The van der Waals surface area contributed by atoms with Crippen LogP contribution in [-0.4, -0.2) is 16.2 Å². The average Bonchev–Trinajstić information content (AvgIpc) is 3.80. The summed E-state index contributed by atoms with van der Waals surface area (Å²) in [6.07, 6.45) is 6.11. The van der Waals surface area contributed by atoms with Gasteiger partial charge in [-0.25, -0.2) is 4.98 Å². The van der Waals surface area contributed by atoms with E-state index in [1.807, 2.05) is 42.6 Å². The molecule has 9 rings (SSSR count). The summed E-state index contributed by atoms with van der Waals surface area (Å²) in [5, 5.41) is 2.35. The number of hydrogen-bond acceptors (Lipinski definition) is 4. The van der Waals surface area contributed by atoms with Crippen LogP contribution in [0.4, 0.5) is 11.4 Å². The largest absolute Gasteiger partial charge is 0.457 e. The predicted molar refractivity (Wildman–Crippen MR) is 201 cm³/mol. The Bertz CT molecular complexity index is 2400. The molecule has 0 aliphatic carbocycles. The SMILES string of the molecule is C1=CN(c2cc(-c3ccccc3)cc(-c3ccccc3)c2)CN1c1cccc(Oc2ccc3c4ccccc4n(-c4ccccn4)c3c2)c1. The van der Waals surface area contributed by atoms with Crippen molar-refractivity contribution in [2.45, 2.75) is 0 Å². The summed E-state index contributed by atoms with van der Waals surface area (Å²) >= 11 is 0. The second-order valence-corrected chi connectivity index (χ2v) is 12.2. The minimum absolute atomic E-state index is 0.687. The summed E-state index contributed by atoms with van der Waals surface area (Å²) in [4.78, 5) is 9.20. The maximum Gasteiger partial charge on any atom is 0.137 e. The highest BCUT2D eigenvalue weighted by atomic mass is 16.5. The van der Waals surface area contributed by atoms with E-state index >= 15 is 0 Å². The Morgan fingerprint density at radius 3 is 1.84 bits per heavy atom. The number of benzene rings is 6. The van der Waals surface area contributed by atoms with E-state index in [-0.39, 0.29) is 0 Å². The zero-order chi connectivity index (χ0) is 32.6. The molecule has 0 bridgehead atoms. The fourth-order valence-corrected chi connectivity index (χ4v) is 6.73. The van der Waals surface area contributed by atoms with Crippen molar-refractivity contribution in [1.82, 2.24) is 9.55 Å². The first-order valence-electron chi connectivity index (χ1n) is 16.5. The molecule has 5 nitrogen and oxygen atoms in total. The molecule has 1 aliphatic rings. The van der Waals surface area contributed by atoms with Gasteiger partial charge in [0.2, 0.25) is 0 Å². The van der Waals surface area contributed by atoms with Crippen molar-refractivity contribution in [2.75, 3.05) is 16.5 Å². The van der Waals surface area contributed by atoms with Crippen LogP contribution in [0.3, 0.4) is 0 Å². The number of rotatable bonds is 7. The third kappa shape index (κ3) is 5.47. The van der Waals surface area contributed by atoms with Gasteiger partial charge in [-0.05, 0) is 82.9 Å². The lowest BCUT2D eigenvalue weighted by molar-refractivity contribution is 0.483. The molecule has 3 heterocycles. The molecule has 0 fully saturated rings. The van der Waals surface area contributed by atoms with Crippen molar-refractivity contribution in [3.8, 4) is 39.6 Å². The number of pyridine rings is 1. The Labute approximate surface area is 285 Å². The van der Waals surface area contributed by atoms with Crippen LogP contribution in [0, 0.1) is 0 Å². The molecule has 0 amide bonds. The first-order valence-corrected chi connectivity index (χ1v) is 16.5. The molecule has 2 aromatic heterocycles. The van der Waals surface area contributed by atoms with E-state index < -0.39 is 0 Å². The lowest BCUT2D eigenvalue weighted by Crippen LogP contribution is -2.24. The van der Waals surface area contributed by atoms with E-state index in [1.54, 1.807) is 0 Å². The highest BCUT2D eigenvalue weighted by Crippen LogP contribution is 2.37. The van der Waals surface area contributed by atoms with Crippen LogP contribution in [-0.2, 0) is 0 Å². The molecular weight excluding hydrogens is 601 g/mol. The van der Waals surface area contributed by atoms with Crippen LogP contribution >= 0.6 is 0 Å². The van der Waals surface area contributed by atoms with E-state index in [4.69, 9.17) is 4.74 Å². The third-order valence-corrected chi connectivity index (χ3v) is 9.10. The zero-order valence-corrected chi connectivity index (χ0v) is 26.7. The first-order chi connectivity index (χ1) is 24.3. The van der Waals surface area contributed by atoms with Crippen LogP contribution in [0.2, 0.25) is 0 Å². The van der Waals surface area contributed by atoms with Gasteiger partial charge >= 0.3 is 0 Å². The number of ether oxygens (including phenoxy) is 1. The molecule has 1 aliphatic heterocycles. The number of para-hydroxylation sites is 1. The second-order valence-electron chi connectivity index (χ2n) is 12.2. The summed E-state index contributed by atoms with van der Waals surface area (Å²) in [5.74, 6) is 2.43. The summed E-state index contributed by atoms with van der Waals surface area (Å²) in [6.45, 7) is 0.687. The van der Waals surface area contributed by atoms with Crippen molar-refractivity contribution >= 4 is 33.2 Å². The fourth-order valence-electron chi connectivity index (χ4n) is 6.73. The Morgan fingerprint density at radius 2 is 1.10 bits per heavy atom. The van der Waals surface area contributed by atoms with E-state index in [0.29, 0.717) is 6.67 Å². The topological polar surface area (TPSA) is 33.5 Å². The van der Waals surface area contributed by atoms with Crippen LogP contribution in [0.1, 0.15) is 0 Å². The molecule has 49 heavy (non-hydrogen) atoms.